The summed E-state index contributed by atoms with van der Waals surface area (Å²) in [6.07, 6.45) is 1.02. The molecule has 0 aliphatic heterocycles. The molecule has 0 bridgehead atoms. The molecule has 1 aromatic heterocycles. The lowest BCUT2D eigenvalue weighted by atomic mass is 10.4. The fourth-order valence-electron chi connectivity index (χ4n) is 0.711. The molecule has 1 heterocycles. The summed E-state index contributed by atoms with van der Waals surface area (Å²) in [5.74, 6) is 0. The van der Waals surface area contributed by atoms with Crippen LogP contribution in [0.1, 0.15) is 5.56 Å². The number of thiophene rings is 1. The van der Waals surface area contributed by atoms with Crippen molar-refractivity contribution in [3.63, 3.8) is 0 Å². The number of rotatable bonds is 2. The summed E-state index contributed by atoms with van der Waals surface area (Å²) in [6, 6.07) is 0. The number of aryl methyl sites for hydroxylation is 1. The van der Waals surface area contributed by atoms with Crippen LogP contribution in [0, 0.1) is 6.92 Å². The second-order valence-electron chi connectivity index (χ2n) is 2.08. The number of nitrogens with zero attached hydrogens (tertiary/aromatic N) is 1. The van der Waals surface area contributed by atoms with Gasteiger partial charge in [-0.3, -0.25) is 0 Å². The lowest BCUT2D eigenvalue weighted by Gasteiger charge is -1.91. The molecule has 0 unspecified atom stereocenters. The topological polar surface area (TPSA) is 63.6 Å². The van der Waals surface area contributed by atoms with Gasteiger partial charge in [-0.2, -0.15) is 19.8 Å². The predicted octanol–water partition coefficient (Wildman–Crippen LogP) is 1.08. The van der Waals surface area contributed by atoms with Gasteiger partial charge in [0.15, 0.2) is 0 Å². The molecule has 0 saturated carbocycles. The smallest absolute Gasteiger partial charge is 0.210 e. The van der Waals surface area contributed by atoms with Crippen molar-refractivity contribution < 1.29 is 13.2 Å². The fraction of sp³-hybridized carbons (Fsp3) is 0.167. The van der Waals surface area contributed by atoms with Gasteiger partial charge in [0.1, 0.15) is 4.90 Å². The van der Waals surface area contributed by atoms with Gasteiger partial charge < -0.3 is 0 Å². The molecule has 0 aliphatic rings. The van der Waals surface area contributed by atoms with Gasteiger partial charge in [-0.05, 0) is 17.9 Å². The van der Waals surface area contributed by atoms with Crippen molar-refractivity contribution in [3.05, 3.63) is 16.3 Å². The Morgan fingerprint density at radius 2 is 2.17 bits per heavy atom. The molecule has 1 aromatic rings. The van der Waals surface area contributed by atoms with Gasteiger partial charge >= 0.3 is 0 Å². The van der Waals surface area contributed by atoms with Crippen molar-refractivity contribution in [2.45, 2.75) is 11.8 Å². The summed E-state index contributed by atoms with van der Waals surface area (Å²) in [6.45, 7) is 1.64. The van der Waals surface area contributed by atoms with Gasteiger partial charge in [-0.25, -0.2) is 4.79 Å². The van der Waals surface area contributed by atoms with Gasteiger partial charge in [-0.1, -0.05) is 4.40 Å². The van der Waals surface area contributed by atoms with Crippen LogP contribution in [0.5, 0.6) is 0 Å². The summed E-state index contributed by atoms with van der Waals surface area (Å²) < 4.78 is 24.9. The molecule has 0 N–H and O–H groups in total. The molecule has 12 heavy (non-hydrogen) atoms. The molecule has 0 saturated heterocycles. The van der Waals surface area contributed by atoms with E-state index < -0.39 is 10.0 Å². The van der Waals surface area contributed by atoms with Crippen molar-refractivity contribution >= 4 is 27.4 Å². The highest BCUT2D eigenvalue weighted by Gasteiger charge is 2.15. The first-order chi connectivity index (χ1) is 5.58. The highest BCUT2D eigenvalue weighted by molar-refractivity contribution is 7.90. The largest absolute Gasteiger partial charge is 0.293 e. The third-order valence-electron chi connectivity index (χ3n) is 1.24. The number of isocyanates is 1. The monoisotopic (exact) mass is 203 g/mol. The van der Waals surface area contributed by atoms with Crippen LogP contribution in [0.4, 0.5) is 0 Å². The molecule has 0 aromatic carbocycles. The third kappa shape index (κ3) is 1.61. The van der Waals surface area contributed by atoms with Crippen molar-refractivity contribution in [2.75, 3.05) is 0 Å². The van der Waals surface area contributed by atoms with E-state index in [-0.39, 0.29) is 4.90 Å². The molecule has 0 spiro atoms. The maximum absolute atomic E-state index is 11.1. The highest BCUT2D eigenvalue weighted by atomic mass is 32.2. The van der Waals surface area contributed by atoms with E-state index in [2.05, 4.69) is 4.40 Å². The zero-order valence-corrected chi connectivity index (χ0v) is 7.78. The molecule has 64 valence electrons. The van der Waals surface area contributed by atoms with E-state index in [0.29, 0.717) is 5.56 Å². The van der Waals surface area contributed by atoms with Crippen molar-refractivity contribution in [2.24, 2.45) is 4.40 Å². The Morgan fingerprint density at radius 3 is 2.58 bits per heavy atom. The molecule has 6 heteroatoms. The van der Waals surface area contributed by atoms with Crippen molar-refractivity contribution in [3.8, 4) is 0 Å². The molecule has 4 nitrogen and oxygen atoms in total. The van der Waals surface area contributed by atoms with E-state index in [9.17, 15) is 13.2 Å². The Kier molecular flexibility index (Phi) is 2.42. The van der Waals surface area contributed by atoms with E-state index in [1.807, 2.05) is 0 Å². The first-order valence-corrected chi connectivity index (χ1v) is 5.33. The summed E-state index contributed by atoms with van der Waals surface area (Å²) in [5.41, 5.74) is 0.596. The number of hydrogen-bond acceptors (Lipinski definition) is 4. The first-order valence-electron chi connectivity index (χ1n) is 2.95. The molecular formula is C6H5NO3S2. The Balaban J connectivity index is 3.33. The van der Waals surface area contributed by atoms with Crippen LogP contribution in [0.15, 0.2) is 20.1 Å². The normalized spacial score (nSPS) is 10.8. The standard InChI is InChI=1S/C6H5NO3S2/c1-5-2-11-3-6(5)12(9,10)7-4-8/h2-3H,1H3. The predicted molar refractivity (Wildman–Crippen MR) is 44.4 cm³/mol. The van der Waals surface area contributed by atoms with Gasteiger partial charge in [0.25, 0.3) is 16.1 Å². The zero-order chi connectivity index (χ0) is 9.19. The minimum Gasteiger partial charge on any atom is -0.210 e. The Bertz CT molecular complexity index is 425. The number of sulfonamides is 1. The van der Waals surface area contributed by atoms with Crippen LogP contribution < -0.4 is 0 Å². The van der Waals surface area contributed by atoms with Crippen LogP contribution in [0.2, 0.25) is 0 Å². The first kappa shape index (κ1) is 9.12. The fourth-order valence-corrected chi connectivity index (χ4v) is 2.81. The minimum absolute atomic E-state index is 0.0795. The summed E-state index contributed by atoms with van der Waals surface area (Å²) >= 11 is 1.25. The van der Waals surface area contributed by atoms with Crippen molar-refractivity contribution in [1.82, 2.24) is 0 Å². The van der Waals surface area contributed by atoms with Crippen LogP contribution in [0.3, 0.4) is 0 Å². The SMILES string of the molecule is Cc1cscc1S(=O)(=O)N=C=O. The van der Waals surface area contributed by atoms with E-state index >= 15 is 0 Å². The third-order valence-corrected chi connectivity index (χ3v) is 3.57. The maximum atomic E-state index is 11.1. The Labute approximate surface area is 73.6 Å². The van der Waals surface area contributed by atoms with E-state index in [1.165, 1.54) is 16.7 Å². The second kappa shape index (κ2) is 3.18. The van der Waals surface area contributed by atoms with Crippen molar-refractivity contribution in [1.29, 1.82) is 0 Å². The van der Waals surface area contributed by atoms with Gasteiger partial charge in [0.2, 0.25) is 0 Å². The van der Waals surface area contributed by atoms with E-state index in [1.54, 1.807) is 12.3 Å². The van der Waals surface area contributed by atoms with Gasteiger partial charge in [-0.15, -0.1) is 0 Å². The molecule has 0 radical (unpaired) electrons. The van der Waals surface area contributed by atoms with E-state index in [0.717, 1.165) is 6.08 Å². The number of hydrogen-bond donors (Lipinski definition) is 0. The van der Waals surface area contributed by atoms with Crippen LogP contribution in [-0.2, 0) is 14.8 Å². The average Bonchev–Trinajstić information content (AvgIpc) is 2.35. The van der Waals surface area contributed by atoms with Crippen LogP contribution in [-0.4, -0.2) is 14.5 Å². The quantitative estimate of drug-likeness (QED) is 0.533. The molecule has 0 fully saturated rings. The lowest BCUT2D eigenvalue weighted by molar-refractivity contribution is 0.563. The van der Waals surface area contributed by atoms with E-state index in [4.69, 9.17) is 0 Å². The number of carbonyl (C=O) groups excluding carboxylic acids is 1. The van der Waals surface area contributed by atoms with Gasteiger partial charge in [0.05, 0.1) is 0 Å². The van der Waals surface area contributed by atoms with Gasteiger partial charge in [0, 0.05) is 5.38 Å². The summed E-state index contributed by atoms with van der Waals surface area (Å²) in [5, 5.41) is 3.11. The molecule has 1 rings (SSSR count). The minimum atomic E-state index is -3.79. The molecule has 0 amide bonds. The molecule has 0 aliphatic carbocycles. The van der Waals surface area contributed by atoms with Crippen LogP contribution >= 0.6 is 11.3 Å². The lowest BCUT2D eigenvalue weighted by Crippen LogP contribution is -1.95. The zero-order valence-electron chi connectivity index (χ0n) is 6.14. The molecular weight excluding hydrogens is 198 g/mol. The Hall–Kier alpha value is -0.970. The van der Waals surface area contributed by atoms with Crippen LogP contribution in [0.25, 0.3) is 0 Å². The maximum Gasteiger partial charge on any atom is 0.293 e. The summed E-state index contributed by atoms with van der Waals surface area (Å²) in [7, 11) is -3.79. The average molecular weight is 203 g/mol. The Morgan fingerprint density at radius 1 is 1.50 bits per heavy atom. The second-order valence-corrected chi connectivity index (χ2v) is 4.39. The summed E-state index contributed by atoms with van der Waals surface area (Å²) in [4.78, 5) is 9.84. The highest BCUT2D eigenvalue weighted by Crippen LogP contribution is 2.20. The molecule has 0 atom stereocenters.